The number of ether oxygens (including phenoxy) is 1. The highest BCUT2D eigenvalue weighted by Crippen LogP contribution is 2.20. The maximum Gasteiger partial charge on any atom is 0.238 e. The number of rotatable bonds is 2. The number of Topliss-reactive ketones (excluding diaryl/α,β-unsaturated/α-hetero) is 1. The predicted molar refractivity (Wildman–Crippen MR) is 87.1 cm³/mol. The van der Waals surface area contributed by atoms with Crippen molar-refractivity contribution in [3.63, 3.8) is 0 Å². The zero-order valence-electron chi connectivity index (χ0n) is 12.5. The molecule has 0 aliphatic rings. The number of para-hydroxylation sites is 1. The van der Waals surface area contributed by atoms with E-state index in [-0.39, 0.29) is 5.78 Å². The van der Waals surface area contributed by atoms with Crippen LogP contribution >= 0.6 is 0 Å². The average molecular weight is 289 g/mol. The number of benzene rings is 2. The number of ketones is 1. The average Bonchev–Trinajstić information content (AvgIpc) is 2.91. The van der Waals surface area contributed by atoms with Gasteiger partial charge in [0.25, 0.3) is 0 Å². The molecule has 0 amide bonds. The summed E-state index contributed by atoms with van der Waals surface area (Å²) >= 11 is 0. The highest BCUT2D eigenvalue weighted by atomic mass is 16.5. The minimum absolute atomic E-state index is 0.174. The highest BCUT2D eigenvalue weighted by molar-refractivity contribution is 6.16. The Balaban J connectivity index is 1.92. The third-order valence-electron chi connectivity index (χ3n) is 3.55. The molecule has 0 aliphatic carbocycles. The van der Waals surface area contributed by atoms with Gasteiger partial charge >= 0.3 is 0 Å². The lowest BCUT2D eigenvalue weighted by atomic mass is 10.1. The molecular formula is C19H15NO2. The Bertz CT molecular complexity index is 893. The monoisotopic (exact) mass is 289 g/mol. The number of hydrogen-bond acceptors (Lipinski definition) is 2. The summed E-state index contributed by atoms with van der Waals surface area (Å²) in [5.74, 6) is 6.21. The van der Waals surface area contributed by atoms with Crippen LogP contribution < -0.4 is 4.74 Å². The molecule has 1 aromatic heterocycles. The fourth-order valence-electron chi connectivity index (χ4n) is 2.39. The van der Waals surface area contributed by atoms with E-state index in [2.05, 4.69) is 11.8 Å². The standard InChI is InChI=1S/C19H15NO2/c1-20-13-17(16-5-3-4-6-18(16)20)19(21)12-9-14-7-10-15(22-2)11-8-14/h3-8,10-11,13H,1-2H3. The Hall–Kier alpha value is -2.99. The molecule has 3 rings (SSSR count). The minimum Gasteiger partial charge on any atom is -0.497 e. The third kappa shape index (κ3) is 2.59. The molecule has 0 spiro atoms. The van der Waals surface area contributed by atoms with Crippen LogP contribution in [0.25, 0.3) is 10.9 Å². The number of aryl methyl sites for hydroxylation is 1. The largest absolute Gasteiger partial charge is 0.497 e. The number of methoxy groups -OCH3 is 1. The predicted octanol–water partition coefficient (Wildman–Crippen LogP) is 3.42. The van der Waals surface area contributed by atoms with Gasteiger partial charge in [0.05, 0.1) is 12.7 Å². The van der Waals surface area contributed by atoms with Gasteiger partial charge < -0.3 is 9.30 Å². The highest BCUT2D eigenvalue weighted by Gasteiger charge is 2.11. The second-order valence-corrected chi connectivity index (χ2v) is 4.98. The molecule has 3 aromatic rings. The topological polar surface area (TPSA) is 31.2 Å². The van der Waals surface area contributed by atoms with Crippen molar-refractivity contribution in [3.05, 3.63) is 65.9 Å². The minimum atomic E-state index is -0.174. The Labute approximate surface area is 129 Å². The van der Waals surface area contributed by atoms with Crippen LogP contribution in [-0.2, 0) is 7.05 Å². The van der Waals surface area contributed by atoms with E-state index in [1.165, 1.54) is 0 Å². The molecule has 0 bridgehead atoms. The van der Waals surface area contributed by atoms with Crippen molar-refractivity contribution in [2.24, 2.45) is 7.05 Å². The van der Waals surface area contributed by atoms with E-state index in [0.717, 1.165) is 22.2 Å². The number of hydrogen-bond donors (Lipinski definition) is 0. The summed E-state index contributed by atoms with van der Waals surface area (Å²) in [7, 11) is 3.54. The molecule has 2 aromatic carbocycles. The normalized spacial score (nSPS) is 10.1. The first-order valence-corrected chi connectivity index (χ1v) is 6.93. The zero-order valence-corrected chi connectivity index (χ0v) is 12.5. The van der Waals surface area contributed by atoms with Gasteiger partial charge in [0, 0.05) is 29.7 Å². The van der Waals surface area contributed by atoms with Gasteiger partial charge in [0.1, 0.15) is 5.75 Å². The Morgan fingerprint density at radius 1 is 1.09 bits per heavy atom. The van der Waals surface area contributed by atoms with Crippen LogP contribution in [0, 0.1) is 11.8 Å². The summed E-state index contributed by atoms with van der Waals surface area (Å²) in [5, 5.41) is 0.930. The van der Waals surface area contributed by atoms with Gasteiger partial charge in [-0.2, -0.15) is 0 Å². The van der Waals surface area contributed by atoms with Gasteiger partial charge in [0.15, 0.2) is 0 Å². The van der Waals surface area contributed by atoms with Gasteiger partial charge in [-0.3, -0.25) is 4.79 Å². The maximum absolute atomic E-state index is 12.4. The van der Waals surface area contributed by atoms with Gasteiger partial charge in [-0.25, -0.2) is 0 Å². The summed E-state index contributed by atoms with van der Waals surface area (Å²) in [6.45, 7) is 0. The molecule has 3 nitrogen and oxygen atoms in total. The fourth-order valence-corrected chi connectivity index (χ4v) is 2.39. The van der Waals surface area contributed by atoms with Gasteiger partial charge in [-0.05, 0) is 36.3 Å². The molecule has 0 atom stereocenters. The molecule has 0 fully saturated rings. The summed E-state index contributed by atoms with van der Waals surface area (Å²) in [6, 6.07) is 15.1. The molecule has 0 saturated heterocycles. The molecule has 0 N–H and O–H groups in total. The lowest BCUT2D eigenvalue weighted by Crippen LogP contribution is -1.93. The summed E-state index contributed by atoms with van der Waals surface area (Å²) in [6.07, 6.45) is 1.83. The van der Waals surface area contributed by atoms with Crippen molar-refractivity contribution in [2.45, 2.75) is 0 Å². The first-order valence-electron chi connectivity index (χ1n) is 6.93. The lowest BCUT2D eigenvalue weighted by molar-refractivity contribution is 0.105. The first-order chi connectivity index (χ1) is 10.7. The first kappa shape index (κ1) is 14.0. The molecule has 0 aliphatic heterocycles. The van der Waals surface area contributed by atoms with Crippen molar-refractivity contribution in [1.82, 2.24) is 4.57 Å². The number of fused-ring (bicyclic) bond motifs is 1. The second kappa shape index (κ2) is 5.79. The van der Waals surface area contributed by atoms with Crippen molar-refractivity contribution in [1.29, 1.82) is 0 Å². The van der Waals surface area contributed by atoms with Crippen LogP contribution in [0.4, 0.5) is 0 Å². The summed E-state index contributed by atoms with van der Waals surface area (Å²) in [4.78, 5) is 12.4. The smallest absolute Gasteiger partial charge is 0.238 e. The number of aromatic nitrogens is 1. The van der Waals surface area contributed by atoms with Gasteiger partial charge in [-0.15, -0.1) is 0 Å². The van der Waals surface area contributed by atoms with E-state index in [1.54, 1.807) is 7.11 Å². The van der Waals surface area contributed by atoms with Crippen LogP contribution in [0.3, 0.4) is 0 Å². The van der Waals surface area contributed by atoms with E-state index in [9.17, 15) is 4.79 Å². The van der Waals surface area contributed by atoms with Crippen LogP contribution in [0.1, 0.15) is 15.9 Å². The van der Waals surface area contributed by atoms with Crippen LogP contribution in [0.5, 0.6) is 5.75 Å². The lowest BCUT2D eigenvalue weighted by Gasteiger charge is -1.97. The molecule has 0 saturated carbocycles. The SMILES string of the molecule is COc1ccc(C#CC(=O)c2cn(C)c3ccccc23)cc1. The fraction of sp³-hybridized carbons (Fsp3) is 0.105. The molecular weight excluding hydrogens is 274 g/mol. The number of carbonyl (C=O) groups is 1. The van der Waals surface area contributed by atoms with Crippen molar-refractivity contribution < 1.29 is 9.53 Å². The van der Waals surface area contributed by atoms with Crippen molar-refractivity contribution >= 4 is 16.7 Å². The number of nitrogens with zero attached hydrogens (tertiary/aromatic N) is 1. The molecule has 1 heterocycles. The molecule has 3 heteroatoms. The second-order valence-electron chi connectivity index (χ2n) is 4.98. The quantitative estimate of drug-likeness (QED) is 0.534. The Morgan fingerprint density at radius 3 is 2.55 bits per heavy atom. The summed E-state index contributed by atoms with van der Waals surface area (Å²) < 4.78 is 7.04. The van der Waals surface area contributed by atoms with Crippen molar-refractivity contribution in [2.75, 3.05) is 7.11 Å². The van der Waals surface area contributed by atoms with Crippen LogP contribution in [0.2, 0.25) is 0 Å². The third-order valence-corrected chi connectivity index (χ3v) is 3.55. The van der Waals surface area contributed by atoms with E-state index < -0.39 is 0 Å². The number of carbonyl (C=O) groups excluding carboxylic acids is 1. The van der Waals surface area contributed by atoms with Crippen LogP contribution in [0.15, 0.2) is 54.7 Å². The summed E-state index contributed by atoms with van der Waals surface area (Å²) in [5.41, 5.74) is 2.45. The van der Waals surface area contributed by atoms with Crippen molar-refractivity contribution in [3.8, 4) is 17.6 Å². The molecule has 0 radical (unpaired) electrons. The molecule has 0 unspecified atom stereocenters. The molecule has 108 valence electrons. The van der Waals surface area contributed by atoms with E-state index in [4.69, 9.17) is 4.74 Å². The Morgan fingerprint density at radius 2 is 1.82 bits per heavy atom. The zero-order chi connectivity index (χ0) is 15.5. The molecule has 22 heavy (non-hydrogen) atoms. The van der Waals surface area contributed by atoms with E-state index >= 15 is 0 Å². The van der Waals surface area contributed by atoms with Gasteiger partial charge in [-0.1, -0.05) is 24.1 Å². The van der Waals surface area contributed by atoms with E-state index in [0.29, 0.717) is 5.56 Å². The van der Waals surface area contributed by atoms with Gasteiger partial charge in [0.2, 0.25) is 5.78 Å². The maximum atomic E-state index is 12.4. The van der Waals surface area contributed by atoms with E-state index in [1.807, 2.05) is 66.3 Å². The Kier molecular flexibility index (Phi) is 3.67. The van der Waals surface area contributed by atoms with Crippen LogP contribution in [-0.4, -0.2) is 17.5 Å².